The van der Waals surface area contributed by atoms with Crippen LogP contribution in [0.3, 0.4) is 0 Å². The van der Waals surface area contributed by atoms with E-state index in [0.29, 0.717) is 22.6 Å². The molecule has 0 saturated carbocycles. The lowest BCUT2D eigenvalue weighted by atomic mass is 10.1. The first kappa shape index (κ1) is 23.0. The van der Waals surface area contributed by atoms with Gasteiger partial charge in [0, 0.05) is 42.5 Å². The normalized spacial score (nSPS) is 17.6. The van der Waals surface area contributed by atoms with Gasteiger partial charge in [0.05, 0.1) is 5.56 Å². The molecule has 190 valence electrons. The molecule has 0 N–H and O–H groups in total. The van der Waals surface area contributed by atoms with Crippen LogP contribution >= 0.6 is 11.3 Å². The van der Waals surface area contributed by atoms with Gasteiger partial charge in [-0.25, -0.2) is 4.79 Å². The number of rotatable bonds is 5. The lowest BCUT2D eigenvalue weighted by molar-refractivity contribution is 0.0409. The summed E-state index contributed by atoms with van der Waals surface area (Å²) in [6.45, 7) is 4.60. The Morgan fingerprint density at radius 3 is 2.37 bits per heavy atom. The summed E-state index contributed by atoms with van der Waals surface area (Å²) in [5, 5.41) is 18.4. The summed E-state index contributed by atoms with van der Waals surface area (Å²) in [6, 6.07) is 23.8. The average molecular weight is 524 g/mol. The Labute approximate surface area is 223 Å². The molecule has 0 aliphatic carbocycles. The van der Waals surface area contributed by atoms with Gasteiger partial charge in [-0.3, -0.25) is 4.90 Å². The third kappa shape index (κ3) is 4.31. The molecule has 2 fully saturated rings. The first-order valence-electron chi connectivity index (χ1n) is 12.8. The van der Waals surface area contributed by atoms with E-state index in [2.05, 4.69) is 54.6 Å². The summed E-state index contributed by atoms with van der Waals surface area (Å²) in [6.07, 6.45) is 2.63. The average Bonchev–Trinajstić information content (AvgIpc) is 3.73. The number of hydrogen-bond donors (Lipinski definition) is 0. The van der Waals surface area contributed by atoms with Crippen LogP contribution in [-0.4, -0.2) is 68.4 Å². The van der Waals surface area contributed by atoms with Crippen molar-refractivity contribution in [3.8, 4) is 21.1 Å². The van der Waals surface area contributed by atoms with Gasteiger partial charge >= 0.3 is 5.97 Å². The molecule has 0 spiro atoms. The molecule has 0 bridgehead atoms. The van der Waals surface area contributed by atoms with Crippen LogP contribution in [0.15, 0.2) is 72.8 Å². The zero-order valence-electron chi connectivity index (χ0n) is 20.6. The Kier molecular flexibility index (Phi) is 5.82. The Bertz CT molecular complexity index is 1600. The van der Waals surface area contributed by atoms with Gasteiger partial charge in [0.1, 0.15) is 21.0 Å². The first-order chi connectivity index (χ1) is 18.7. The number of aromatic nitrogens is 5. The number of carbonyl (C=O) groups is 1. The van der Waals surface area contributed by atoms with Gasteiger partial charge in [-0.15, -0.1) is 15.3 Å². The van der Waals surface area contributed by atoms with Crippen LogP contribution in [0.1, 0.15) is 23.2 Å². The zero-order valence-corrected chi connectivity index (χ0v) is 21.4. The second kappa shape index (κ2) is 9.62. The van der Waals surface area contributed by atoms with Gasteiger partial charge in [-0.2, -0.15) is 0 Å². The zero-order chi connectivity index (χ0) is 25.5. The second-order valence-electron chi connectivity index (χ2n) is 9.64. The van der Waals surface area contributed by atoms with Crippen molar-refractivity contribution >= 4 is 34.0 Å². The van der Waals surface area contributed by atoms with Crippen LogP contribution in [0.5, 0.6) is 0 Å². The smallest absolute Gasteiger partial charge is 0.365 e. The largest absolute Gasteiger partial charge is 0.369 e. The van der Waals surface area contributed by atoms with Gasteiger partial charge in [-0.1, -0.05) is 40.4 Å². The monoisotopic (exact) mass is 523 g/mol. The van der Waals surface area contributed by atoms with E-state index in [1.807, 2.05) is 30.3 Å². The predicted molar refractivity (Wildman–Crippen MR) is 146 cm³/mol. The molecule has 1 atom stereocenters. The van der Waals surface area contributed by atoms with Crippen molar-refractivity contribution in [2.45, 2.75) is 18.9 Å². The highest BCUT2D eigenvalue weighted by Gasteiger charge is 2.30. The van der Waals surface area contributed by atoms with Gasteiger partial charge in [0.15, 0.2) is 0 Å². The SMILES string of the molecule is O=C(On1nnc2ccccc21)c1ccc(-c2nnc(-c3ccc(N4CCN5CCCC5C4)cc3)s2)cc1. The number of piperazine rings is 1. The number of anilines is 1. The summed E-state index contributed by atoms with van der Waals surface area (Å²) in [5.41, 5.74) is 4.91. The third-order valence-electron chi connectivity index (χ3n) is 7.35. The molecule has 4 heterocycles. The highest BCUT2D eigenvalue weighted by molar-refractivity contribution is 7.17. The van der Waals surface area contributed by atoms with E-state index in [0.717, 1.165) is 45.6 Å². The predicted octanol–water partition coefficient (Wildman–Crippen LogP) is 4.17. The fourth-order valence-electron chi connectivity index (χ4n) is 5.29. The van der Waals surface area contributed by atoms with Crippen LogP contribution in [0.2, 0.25) is 0 Å². The molecule has 10 heteroatoms. The Balaban J connectivity index is 1.03. The van der Waals surface area contributed by atoms with Crippen molar-refractivity contribution in [3.05, 3.63) is 78.4 Å². The van der Waals surface area contributed by atoms with Crippen LogP contribution in [-0.2, 0) is 0 Å². The van der Waals surface area contributed by atoms with Crippen LogP contribution < -0.4 is 9.74 Å². The molecule has 5 aromatic rings. The summed E-state index contributed by atoms with van der Waals surface area (Å²) >= 11 is 1.53. The topological polar surface area (TPSA) is 89.3 Å². The Morgan fingerprint density at radius 2 is 1.58 bits per heavy atom. The molecule has 3 aromatic carbocycles. The lowest BCUT2D eigenvalue weighted by Crippen LogP contribution is -2.50. The fraction of sp³-hybridized carbons (Fsp3) is 0.250. The third-order valence-corrected chi connectivity index (χ3v) is 8.37. The van der Waals surface area contributed by atoms with Gasteiger partial charge in [0.2, 0.25) is 0 Å². The minimum atomic E-state index is -0.514. The second-order valence-corrected chi connectivity index (χ2v) is 10.6. The maximum Gasteiger partial charge on any atom is 0.365 e. The van der Waals surface area contributed by atoms with E-state index >= 15 is 0 Å². The maximum atomic E-state index is 12.6. The minimum absolute atomic E-state index is 0.409. The molecule has 0 radical (unpaired) electrons. The highest BCUT2D eigenvalue weighted by atomic mass is 32.1. The summed E-state index contributed by atoms with van der Waals surface area (Å²) in [4.78, 5) is 24.3. The maximum absolute atomic E-state index is 12.6. The Morgan fingerprint density at radius 1 is 0.842 bits per heavy atom. The minimum Gasteiger partial charge on any atom is -0.369 e. The molecule has 2 saturated heterocycles. The molecular weight excluding hydrogens is 498 g/mol. The van der Waals surface area contributed by atoms with Crippen molar-refractivity contribution < 1.29 is 9.63 Å². The number of hydrogen-bond acceptors (Lipinski definition) is 9. The van der Waals surface area contributed by atoms with Crippen molar-refractivity contribution in [2.75, 3.05) is 31.1 Å². The fourth-order valence-corrected chi connectivity index (χ4v) is 6.15. The number of para-hydroxylation sites is 1. The molecular formula is C28H25N7O2S. The van der Waals surface area contributed by atoms with E-state index < -0.39 is 5.97 Å². The molecule has 1 unspecified atom stereocenters. The van der Waals surface area contributed by atoms with Crippen LogP contribution in [0.4, 0.5) is 5.69 Å². The molecule has 2 aliphatic rings. The molecule has 0 amide bonds. The summed E-state index contributed by atoms with van der Waals surface area (Å²) < 4.78 is 0. The van der Waals surface area contributed by atoms with E-state index in [1.165, 1.54) is 36.4 Å². The molecule has 7 rings (SSSR count). The number of benzene rings is 3. The number of nitrogens with zero attached hydrogens (tertiary/aromatic N) is 7. The van der Waals surface area contributed by atoms with E-state index in [9.17, 15) is 4.79 Å². The number of fused-ring (bicyclic) bond motifs is 2. The van der Waals surface area contributed by atoms with E-state index in [-0.39, 0.29) is 0 Å². The van der Waals surface area contributed by atoms with Crippen molar-refractivity contribution in [1.29, 1.82) is 0 Å². The molecule has 2 aromatic heterocycles. The van der Waals surface area contributed by atoms with Crippen LogP contribution in [0.25, 0.3) is 32.2 Å². The van der Waals surface area contributed by atoms with E-state index in [1.54, 1.807) is 18.2 Å². The molecule has 38 heavy (non-hydrogen) atoms. The quantitative estimate of drug-likeness (QED) is 0.317. The first-order valence-corrected chi connectivity index (χ1v) is 13.6. The lowest BCUT2D eigenvalue weighted by Gasteiger charge is -2.38. The van der Waals surface area contributed by atoms with Gasteiger partial charge in [0.25, 0.3) is 0 Å². The molecule has 9 nitrogen and oxygen atoms in total. The van der Waals surface area contributed by atoms with E-state index in [4.69, 9.17) is 4.84 Å². The summed E-state index contributed by atoms with van der Waals surface area (Å²) in [7, 11) is 0. The van der Waals surface area contributed by atoms with Gasteiger partial charge < -0.3 is 9.74 Å². The standard InChI is InChI=1S/C28H25N7O2S/c36-28(37-35-25-6-2-1-5-24(25)29-32-35)21-9-7-19(8-10-21)26-30-31-27(38-26)20-11-13-22(14-12-20)34-17-16-33-15-3-4-23(33)18-34/h1-2,5-14,23H,3-4,15-18H2. The van der Waals surface area contributed by atoms with Gasteiger partial charge in [-0.05, 0) is 73.1 Å². The van der Waals surface area contributed by atoms with Crippen LogP contribution in [0, 0.1) is 0 Å². The highest BCUT2D eigenvalue weighted by Crippen LogP contribution is 2.32. The molecule has 2 aliphatic heterocycles. The number of carbonyl (C=O) groups excluding carboxylic acids is 1. The van der Waals surface area contributed by atoms with Crippen molar-refractivity contribution in [1.82, 2.24) is 30.3 Å². The van der Waals surface area contributed by atoms with Crippen molar-refractivity contribution in [2.24, 2.45) is 0 Å². The Hall–Kier alpha value is -4.15. The summed E-state index contributed by atoms with van der Waals surface area (Å²) in [5.74, 6) is -0.514. The van der Waals surface area contributed by atoms with Crippen molar-refractivity contribution in [3.63, 3.8) is 0 Å².